The van der Waals surface area contributed by atoms with E-state index in [1.165, 1.54) is 10.4 Å². The van der Waals surface area contributed by atoms with E-state index in [0.29, 0.717) is 59.5 Å². The lowest BCUT2D eigenvalue weighted by Crippen LogP contribution is -2.46. The molecule has 0 unspecified atom stereocenters. The van der Waals surface area contributed by atoms with E-state index in [0.717, 1.165) is 5.56 Å². The highest BCUT2D eigenvalue weighted by Crippen LogP contribution is 2.28. The molecule has 7 nitrogen and oxygen atoms in total. The van der Waals surface area contributed by atoms with Crippen LogP contribution in [0.3, 0.4) is 0 Å². The lowest BCUT2D eigenvalue weighted by atomic mass is 9.99. The maximum absolute atomic E-state index is 13.0. The van der Waals surface area contributed by atoms with Gasteiger partial charge in [-0.25, -0.2) is 12.7 Å². The largest absolute Gasteiger partial charge is 0.493 e. The minimum absolute atomic E-state index is 0.139. The van der Waals surface area contributed by atoms with E-state index in [2.05, 4.69) is 5.32 Å². The molecule has 1 saturated heterocycles. The number of rotatable bonds is 9. The summed E-state index contributed by atoms with van der Waals surface area (Å²) in [5.41, 5.74) is 1.49. The van der Waals surface area contributed by atoms with Gasteiger partial charge in [0.2, 0.25) is 15.9 Å². The zero-order valence-electron chi connectivity index (χ0n) is 18.6. The standard InChI is InChI=1S/C23H28Cl2N2O5S/c1-31-21-8-5-16(12-22(21)32-2)9-10-26-23(28)17-4-3-11-27(14-17)33(29,30)15-18-6-7-19(24)13-20(18)25/h5-8,12-13,17H,3-4,9-11,14-15H2,1-2H3,(H,26,28)/t17-/m0/s1. The number of amides is 1. The van der Waals surface area contributed by atoms with Gasteiger partial charge in [0.05, 0.1) is 25.9 Å². The molecule has 2 aromatic rings. The summed E-state index contributed by atoms with van der Waals surface area (Å²) < 4.78 is 37.8. The van der Waals surface area contributed by atoms with Crippen LogP contribution < -0.4 is 14.8 Å². The van der Waals surface area contributed by atoms with Crippen LogP contribution in [0.5, 0.6) is 11.5 Å². The van der Waals surface area contributed by atoms with Crippen LogP contribution >= 0.6 is 23.2 Å². The van der Waals surface area contributed by atoms with Crippen molar-refractivity contribution in [1.82, 2.24) is 9.62 Å². The van der Waals surface area contributed by atoms with Gasteiger partial charge >= 0.3 is 0 Å². The Labute approximate surface area is 205 Å². The summed E-state index contributed by atoms with van der Waals surface area (Å²) in [6.07, 6.45) is 1.90. The first kappa shape index (κ1) is 25.6. The van der Waals surface area contributed by atoms with E-state index < -0.39 is 10.0 Å². The molecule has 10 heteroatoms. The zero-order valence-corrected chi connectivity index (χ0v) is 21.0. The minimum Gasteiger partial charge on any atom is -0.493 e. The van der Waals surface area contributed by atoms with Gasteiger partial charge in [-0.2, -0.15) is 0 Å². The number of benzene rings is 2. The highest BCUT2D eigenvalue weighted by Gasteiger charge is 2.32. The Morgan fingerprint density at radius 1 is 1.12 bits per heavy atom. The summed E-state index contributed by atoms with van der Waals surface area (Å²) in [7, 11) is -0.461. The van der Waals surface area contributed by atoms with Crippen LogP contribution in [0.15, 0.2) is 36.4 Å². The monoisotopic (exact) mass is 514 g/mol. The first-order valence-corrected chi connectivity index (χ1v) is 13.0. The van der Waals surface area contributed by atoms with Gasteiger partial charge in [-0.15, -0.1) is 0 Å². The number of methoxy groups -OCH3 is 2. The van der Waals surface area contributed by atoms with Crippen LogP contribution in [-0.2, 0) is 27.0 Å². The molecule has 180 valence electrons. The van der Waals surface area contributed by atoms with Crippen LogP contribution in [0.4, 0.5) is 0 Å². The molecule has 1 atom stereocenters. The number of sulfonamides is 1. The average Bonchev–Trinajstić information content (AvgIpc) is 2.80. The summed E-state index contributed by atoms with van der Waals surface area (Å²) >= 11 is 12.1. The van der Waals surface area contributed by atoms with Gasteiger partial charge < -0.3 is 14.8 Å². The topological polar surface area (TPSA) is 84.9 Å². The number of hydrogen-bond donors (Lipinski definition) is 1. The van der Waals surface area contributed by atoms with Crippen LogP contribution in [-0.4, -0.2) is 52.5 Å². The number of hydrogen-bond acceptors (Lipinski definition) is 5. The third-order valence-corrected chi connectivity index (χ3v) is 8.04. The SMILES string of the molecule is COc1ccc(CCNC(=O)[C@H]2CCCN(S(=O)(=O)Cc3ccc(Cl)cc3Cl)C2)cc1OC. The van der Waals surface area contributed by atoms with Crippen molar-refractivity contribution in [2.24, 2.45) is 5.92 Å². The van der Waals surface area contributed by atoms with Crippen LogP contribution in [0.1, 0.15) is 24.0 Å². The third kappa shape index (κ3) is 6.76. The molecule has 3 rings (SSSR count). The van der Waals surface area contributed by atoms with E-state index >= 15 is 0 Å². The molecule has 1 fully saturated rings. The second-order valence-corrected chi connectivity index (χ2v) is 10.7. The van der Waals surface area contributed by atoms with Crippen molar-refractivity contribution in [2.75, 3.05) is 33.9 Å². The highest BCUT2D eigenvalue weighted by atomic mass is 35.5. The lowest BCUT2D eigenvalue weighted by molar-refractivity contribution is -0.126. The van der Waals surface area contributed by atoms with Gasteiger partial charge in [0.15, 0.2) is 11.5 Å². The zero-order chi connectivity index (χ0) is 24.0. The molecular weight excluding hydrogens is 487 g/mol. The predicted molar refractivity (Wildman–Crippen MR) is 130 cm³/mol. The molecule has 0 aliphatic carbocycles. The molecule has 33 heavy (non-hydrogen) atoms. The van der Waals surface area contributed by atoms with E-state index in [1.807, 2.05) is 18.2 Å². The number of nitrogens with zero attached hydrogens (tertiary/aromatic N) is 1. The van der Waals surface area contributed by atoms with Crippen molar-refractivity contribution < 1.29 is 22.7 Å². The van der Waals surface area contributed by atoms with Crippen LogP contribution in [0, 0.1) is 5.92 Å². The first-order chi connectivity index (χ1) is 15.7. The molecule has 1 amide bonds. The van der Waals surface area contributed by atoms with E-state index in [9.17, 15) is 13.2 Å². The van der Waals surface area contributed by atoms with Crippen LogP contribution in [0.2, 0.25) is 10.0 Å². The summed E-state index contributed by atoms with van der Waals surface area (Å²) in [4.78, 5) is 12.7. The highest BCUT2D eigenvalue weighted by molar-refractivity contribution is 7.88. The summed E-state index contributed by atoms with van der Waals surface area (Å²) in [6.45, 7) is 0.997. The number of carbonyl (C=O) groups excluding carboxylic acids is 1. The third-order valence-electron chi connectivity index (χ3n) is 5.66. The summed E-state index contributed by atoms with van der Waals surface area (Å²) in [5.74, 6) is 0.528. The van der Waals surface area contributed by atoms with Crippen molar-refractivity contribution in [1.29, 1.82) is 0 Å². The van der Waals surface area contributed by atoms with E-state index in [1.54, 1.807) is 26.4 Å². The molecule has 0 radical (unpaired) electrons. The number of piperidine rings is 1. The smallest absolute Gasteiger partial charge is 0.224 e. The Morgan fingerprint density at radius 2 is 1.88 bits per heavy atom. The van der Waals surface area contributed by atoms with Crippen molar-refractivity contribution in [3.63, 3.8) is 0 Å². The fraction of sp³-hybridized carbons (Fsp3) is 0.435. The first-order valence-electron chi connectivity index (χ1n) is 10.6. The lowest BCUT2D eigenvalue weighted by Gasteiger charge is -2.31. The van der Waals surface area contributed by atoms with Gasteiger partial charge in [-0.05, 0) is 54.7 Å². The molecule has 1 N–H and O–H groups in total. The molecule has 1 heterocycles. The Hall–Kier alpha value is -2.00. The molecule has 1 aliphatic rings. The quantitative estimate of drug-likeness (QED) is 0.548. The average molecular weight is 515 g/mol. The second-order valence-electron chi connectivity index (χ2n) is 7.92. The Kier molecular flexibility index (Phi) is 8.87. The van der Waals surface area contributed by atoms with Crippen LogP contribution in [0.25, 0.3) is 0 Å². The van der Waals surface area contributed by atoms with Gasteiger partial charge in [-0.1, -0.05) is 35.3 Å². The summed E-state index contributed by atoms with van der Waals surface area (Å²) in [5, 5.41) is 3.70. The predicted octanol–water partition coefficient (Wildman–Crippen LogP) is 3.91. The number of nitrogens with one attached hydrogen (secondary N) is 1. The molecule has 2 aromatic carbocycles. The molecule has 1 aliphatic heterocycles. The fourth-order valence-electron chi connectivity index (χ4n) is 3.85. The second kappa shape index (κ2) is 11.4. The molecule has 0 spiro atoms. The normalized spacial score (nSPS) is 16.9. The molecule has 0 bridgehead atoms. The number of halogens is 2. The van der Waals surface area contributed by atoms with Crippen molar-refractivity contribution >= 4 is 39.1 Å². The van der Waals surface area contributed by atoms with Crippen molar-refractivity contribution in [3.05, 3.63) is 57.6 Å². The molecule has 0 saturated carbocycles. The fourth-order valence-corrected chi connectivity index (χ4v) is 6.04. The van der Waals surface area contributed by atoms with E-state index in [-0.39, 0.29) is 24.1 Å². The van der Waals surface area contributed by atoms with E-state index in [4.69, 9.17) is 32.7 Å². The molecular formula is C23H28Cl2N2O5S. The Bertz CT molecular complexity index is 1090. The van der Waals surface area contributed by atoms with Gasteiger partial charge in [-0.3, -0.25) is 4.79 Å². The van der Waals surface area contributed by atoms with Crippen molar-refractivity contribution in [3.8, 4) is 11.5 Å². The number of ether oxygens (including phenoxy) is 2. The summed E-state index contributed by atoms with van der Waals surface area (Å²) in [6, 6.07) is 10.4. The Morgan fingerprint density at radius 3 is 2.58 bits per heavy atom. The Balaban J connectivity index is 1.55. The maximum atomic E-state index is 13.0. The number of carbonyl (C=O) groups is 1. The maximum Gasteiger partial charge on any atom is 0.224 e. The minimum atomic E-state index is -3.62. The van der Waals surface area contributed by atoms with Crippen molar-refractivity contribution in [2.45, 2.75) is 25.0 Å². The van der Waals surface area contributed by atoms with Gasteiger partial charge in [0.25, 0.3) is 0 Å². The van der Waals surface area contributed by atoms with Gasteiger partial charge in [0, 0.05) is 29.7 Å². The van der Waals surface area contributed by atoms with Gasteiger partial charge in [0.1, 0.15) is 0 Å². The molecule has 0 aromatic heterocycles.